The van der Waals surface area contributed by atoms with Gasteiger partial charge in [0.05, 0.1) is 6.61 Å². The lowest BCUT2D eigenvalue weighted by molar-refractivity contribution is 0.299. The Labute approximate surface area is 121 Å². The summed E-state index contributed by atoms with van der Waals surface area (Å²) in [6, 6.07) is 8.26. The largest absolute Gasteiger partial charge is 0.493 e. The van der Waals surface area contributed by atoms with E-state index in [0.717, 1.165) is 43.8 Å². The summed E-state index contributed by atoms with van der Waals surface area (Å²) in [5.74, 6) is 1.10. The van der Waals surface area contributed by atoms with Gasteiger partial charge in [-0.3, -0.25) is 4.90 Å². The molecule has 0 aliphatic carbocycles. The highest BCUT2D eigenvalue weighted by Crippen LogP contribution is 2.28. The van der Waals surface area contributed by atoms with E-state index >= 15 is 0 Å². The van der Waals surface area contributed by atoms with Gasteiger partial charge in [0.25, 0.3) is 0 Å². The molecule has 0 aromatic heterocycles. The van der Waals surface area contributed by atoms with Gasteiger partial charge >= 0.3 is 0 Å². The molecule has 2 saturated heterocycles. The molecule has 3 heterocycles. The fourth-order valence-corrected chi connectivity index (χ4v) is 4.12. The molecule has 1 N–H and O–H groups in total. The van der Waals surface area contributed by atoms with E-state index in [4.69, 9.17) is 4.74 Å². The molecule has 108 valence electrons. The first kappa shape index (κ1) is 12.7. The number of fused-ring (bicyclic) bond motifs is 2. The Morgan fingerprint density at radius 1 is 1.25 bits per heavy atom. The van der Waals surface area contributed by atoms with Crippen LogP contribution in [0.25, 0.3) is 0 Å². The molecule has 3 aliphatic rings. The molecule has 0 radical (unpaired) electrons. The summed E-state index contributed by atoms with van der Waals surface area (Å²) in [5.41, 5.74) is 2.84. The monoisotopic (exact) mass is 272 g/mol. The van der Waals surface area contributed by atoms with Crippen molar-refractivity contribution in [1.29, 1.82) is 0 Å². The van der Waals surface area contributed by atoms with E-state index in [-0.39, 0.29) is 0 Å². The Bertz CT molecular complexity index is 488. The van der Waals surface area contributed by atoms with Crippen molar-refractivity contribution in [2.75, 3.05) is 26.2 Å². The Hall–Kier alpha value is -1.06. The third kappa shape index (κ3) is 2.33. The van der Waals surface area contributed by atoms with Gasteiger partial charge in [-0.1, -0.05) is 12.1 Å². The highest BCUT2D eigenvalue weighted by Gasteiger charge is 2.36. The van der Waals surface area contributed by atoms with Gasteiger partial charge in [-0.2, -0.15) is 0 Å². The first-order valence-corrected chi connectivity index (χ1v) is 8.12. The second-order valence-electron chi connectivity index (χ2n) is 6.39. The highest BCUT2D eigenvalue weighted by atomic mass is 16.5. The van der Waals surface area contributed by atoms with Gasteiger partial charge in [-0.15, -0.1) is 0 Å². The Balaban J connectivity index is 1.30. The minimum absolute atomic E-state index is 0.732. The van der Waals surface area contributed by atoms with Crippen LogP contribution in [-0.4, -0.2) is 43.2 Å². The van der Waals surface area contributed by atoms with Crippen molar-refractivity contribution < 1.29 is 4.74 Å². The fourth-order valence-electron chi connectivity index (χ4n) is 4.12. The SMILES string of the molecule is c1cc2c(cc1CCNC1CCN3CCCC13)CCO2. The van der Waals surface area contributed by atoms with Gasteiger partial charge in [0.15, 0.2) is 0 Å². The van der Waals surface area contributed by atoms with Crippen LogP contribution < -0.4 is 10.1 Å². The van der Waals surface area contributed by atoms with Crippen LogP contribution in [-0.2, 0) is 12.8 Å². The zero-order valence-corrected chi connectivity index (χ0v) is 12.1. The molecular weight excluding hydrogens is 248 g/mol. The van der Waals surface area contributed by atoms with Gasteiger partial charge in [-0.05, 0) is 56.0 Å². The number of rotatable bonds is 4. The third-order valence-electron chi connectivity index (χ3n) is 5.18. The van der Waals surface area contributed by atoms with Gasteiger partial charge in [0.1, 0.15) is 5.75 Å². The molecule has 0 saturated carbocycles. The summed E-state index contributed by atoms with van der Waals surface area (Å²) in [6.07, 6.45) is 6.34. The van der Waals surface area contributed by atoms with E-state index in [0.29, 0.717) is 0 Å². The minimum atomic E-state index is 0.732. The lowest BCUT2D eigenvalue weighted by Crippen LogP contribution is -2.39. The quantitative estimate of drug-likeness (QED) is 0.907. The normalized spacial score (nSPS) is 28.4. The van der Waals surface area contributed by atoms with Crippen LogP contribution in [0.4, 0.5) is 0 Å². The average molecular weight is 272 g/mol. The van der Waals surface area contributed by atoms with Crippen LogP contribution in [0.3, 0.4) is 0 Å². The lowest BCUT2D eigenvalue weighted by atomic mass is 10.0. The van der Waals surface area contributed by atoms with E-state index in [2.05, 4.69) is 28.4 Å². The predicted octanol–water partition coefficient (Wildman–Crippen LogP) is 1.99. The maximum Gasteiger partial charge on any atom is 0.122 e. The van der Waals surface area contributed by atoms with E-state index in [1.165, 1.54) is 43.5 Å². The number of ether oxygens (including phenoxy) is 1. The van der Waals surface area contributed by atoms with Crippen molar-refractivity contribution in [2.24, 2.45) is 0 Å². The van der Waals surface area contributed by atoms with Crippen LogP contribution in [0.2, 0.25) is 0 Å². The van der Waals surface area contributed by atoms with Crippen molar-refractivity contribution in [3.8, 4) is 5.75 Å². The number of hydrogen-bond donors (Lipinski definition) is 1. The second kappa shape index (κ2) is 5.38. The zero-order valence-electron chi connectivity index (χ0n) is 12.1. The van der Waals surface area contributed by atoms with Gasteiger partial charge in [0, 0.05) is 25.0 Å². The minimum Gasteiger partial charge on any atom is -0.493 e. The number of benzene rings is 1. The zero-order chi connectivity index (χ0) is 13.4. The topological polar surface area (TPSA) is 24.5 Å². The molecule has 3 heteroatoms. The van der Waals surface area contributed by atoms with Crippen molar-refractivity contribution in [1.82, 2.24) is 10.2 Å². The smallest absolute Gasteiger partial charge is 0.122 e. The van der Waals surface area contributed by atoms with Crippen LogP contribution >= 0.6 is 0 Å². The second-order valence-corrected chi connectivity index (χ2v) is 6.39. The van der Waals surface area contributed by atoms with E-state index in [1.807, 2.05) is 0 Å². The maximum absolute atomic E-state index is 5.57. The van der Waals surface area contributed by atoms with Crippen molar-refractivity contribution >= 4 is 0 Å². The molecule has 2 fully saturated rings. The van der Waals surface area contributed by atoms with Gasteiger partial charge in [0.2, 0.25) is 0 Å². The Kier molecular flexibility index (Phi) is 3.41. The summed E-state index contributed by atoms with van der Waals surface area (Å²) < 4.78 is 5.57. The molecule has 3 nitrogen and oxygen atoms in total. The average Bonchev–Trinajstić information content (AvgIpc) is 3.14. The molecule has 0 spiro atoms. The van der Waals surface area contributed by atoms with Gasteiger partial charge < -0.3 is 10.1 Å². The summed E-state index contributed by atoms with van der Waals surface area (Å²) in [5, 5.41) is 3.80. The molecule has 0 amide bonds. The molecule has 2 unspecified atom stereocenters. The lowest BCUT2D eigenvalue weighted by Gasteiger charge is -2.21. The number of hydrogen-bond acceptors (Lipinski definition) is 3. The molecule has 1 aromatic rings. The summed E-state index contributed by atoms with van der Waals surface area (Å²) in [7, 11) is 0. The molecular formula is C17H24N2O. The number of nitrogens with zero attached hydrogens (tertiary/aromatic N) is 1. The Morgan fingerprint density at radius 3 is 3.25 bits per heavy atom. The van der Waals surface area contributed by atoms with Crippen LogP contribution in [0.5, 0.6) is 5.75 Å². The van der Waals surface area contributed by atoms with E-state index in [9.17, 15) is 0 Å². The molecule has 2 atom stereocenters. The first-order valence-electron chi connectivity index (χ1n) is 8.12. The summed E-state index contributed by atoms with van der Waals surface area (Å²) in [6.45, 7) is 4.59. The molecule has 1 aromatic carbocycles. The molecule has 3 aliphatic heterocycles. The van der Waals surface area contributed by atoms with E-state index in [1.54, 1.807) is 0 Å². The standard InChI is InChI=1S/C17H24N2O/c1-2-16-15(6-10-19(16)9-1)18-8-5-13-3-4-17-14(12-13)7-11-20-17/h3-4,12,15-16,18H,1-2,5-11H2. The fraction of sp³-hybridized carbons (Fsp3) is 0.647. The van der Waals surface area contributed by atoms with Crippen molar-refractivity contribution in [3.05, 3.63) is 29.3 Å². The molecule has 0 bridgehead atoms. The molecule has 4 rings (SSSR count). The van der Waals surface area contributed by atoms with Gasteiger partial charge in [-0.25, -0.2) is 0 Å². The first-order chi connectivity index (χ1) is 9.90. The van der Waals surface area contributed by atoms with Crippen LogP contribution in [0, 0.1) is 0 Å². The predicted molar refractivity (Wildman–Crippen MR) is 80.3 cm³/mol. The van der Waals surface area contributed by atoms with Crippen LogP contribution in [0.15, 0.2) is 18.2 Å². The maximum atomic E-state index is 5.57. The number of nitrogens with one attached hydrogen (secondary N) is 1. The highest BCUT2D eigenvalue weighted by molar-refractivity contribution is 5.39. The molecule has 20 heavy (non-hydrogen) atoms. The summed E-state index contributed by atoms with van der Waals surface area (Å²) in [4.78, 5) is 2.67. The van der Waals surface area contributed by atoms with Crippen LogP contribution in [0.1, 0.15) is 30.4 Å². The van der Waals surface area contributed by atoms with Crippen molar-refractivity contribution in [2.45, 2.75) is 44.2 Å². The van der Waals surface area contributed by atoms with E-state index < -0.39 is 0 Å². The summed E-state index contributed by atoms with van der Waals surface area (Å²) >= 11 is 0. The third-order valence-corrected chi connectivity index (χ3v) is 5.18. The van der Waals surface area contributed by atoms with Crippen molar-refractivity contribution in [3.63, 3.8) is 0 Å². The Morgan fingerprint density at radius 2 is 2.25 bits per heavy atom.